The van der Waals surface area contributed by atoms with Crippen LogP contribution in [0.4, 0.5) is 5.00 Å². The van der Waals surface area contributed by atoms with E-state index in [1.165, 1.54) is 23.1 Å². The molecule has 0 amide bonds. The molecule has 0 saturated carbocycles. The number of nitrogens with zero attached hydrogens (tertiary/aromatic N) is 2. The molecule has 98 valence electrons. The summed E-state index contributed by atoms with van der Waals surface area (Å²) in [5, 5.41) is 1.51. The van der Waals surface area contributed by atoms with Gasteiger partial charge in [-0.25, -0.2) is 9.97 Å². The maximum absolute atomic E-state index is 5.66. The fourth-order valence-electron chi connectivity index (χ4n) is 1.67. The first-order chi connectivity index (χ1) is 9.24. The third-order valence-electron chi connectivity index (χ3n) is 2.43. The van der Waals surface area contributed by atoms with Crippen LogP contribution in [0.2, 0.25) is 0 Å². The van der Waals surface area contributed by atoms with Crippen molar-refractivity contribution in [1.29, 1.82) is 0 Å². The maximum atomic E-state index is 5.66. The summed E-state index contributed by atoms with van der Waals surface area (Å²) < 4.78 is 6.34. The zero-order chi connectivity index (χ0) is 13.2. The highest BCUT2D eigenvalue weighted by molar-refractivity contribution is 8.00. The van der Waals surface area contributed by atoms with Crippen molar-refractivity contribution in [3.05, 3.63) is 24.4 Å². The molecular formula is C12H12N4OS2. The normalized spacial score (nSPS) is 11.0. The molecule has 5 nitrogen and oxygen atoms in total. The lowest BCUT2D eigenvalue weighted by molar-refractivity contribution is 0.340. The van der Waals surface area contributed by atoms with Crippen LogP contribution in [0.15, 0.2) is 33.9 Å². The molecule has 0 saturated heterocycles. The fourth-order valence-corrected chi connectivity index (χ4v) is 3.35. The van der Waals surface area contributed by atoms with Crippen molar-refractivity contribution in [3.63, 3.8) is 0 Å². The largest absolute Gasteiger partial charge is 0.494 e. The molecule has 0 aliphatic carbocycles. The standard InChI is InChI=1S/C12H12N4OS2/c1-2-17-7-3-4-8-9(5-7)16-11(15-8)19-12-14-6-10(13)18-12/h3-6H,2,13H2,1H3,(H,15,16). The molecule has 1 aromatic carbocycles. The highest BCUT2D eigenvalue weighted by Crippen LogP contribution is 2.32. The number of anilines is 1. The molecule has 3 N–H and O–H groups in total. The Bertz CT molecular complexity index is 707. The summed E-state index contributed by atoms with van der Waals surface area (Å²) in [5.74, 6) is 0.841. The minimum absolute atomic E-state index is 0.652. The summed E-state index contributed by atoms with van der Waals surface area (Å²) in [6, 6.07) is 5.81. The summed E-state index contributed by atoms with van der Waals surface area (Å²) in [6.45, 7) is 2.62. The molecule has 0 unspecified atom stereocenters. The van der Waals surface area contributed by atoms with Crippen molar-refractivity contribution >= 4 is 39.1 Å². The van der Waals surface area contributed by atoms with Gasteiger partial charge in [0.1, 0.15) is 10.8 Å². The van der Waals surface area contributed by atoms with Crippen molar-refractivity contribution in [2.75, 3.05) is 12.3 Å². The van der Waals surface area contributed by atoms with Crippen LogP contribution in [0.5, 0.6) is 5.75 Å². The summed E-state index contributed by atoms with van der Waals surface area (Å²) in [5.41, 5.74) is 7.53. The van der Waals surface area contributed by atoms with Crippen molar-refractivity contribution in [2.24, 2.45) is 0 Å². The van der Waals surface area contributed by atoms with Gasteiger partial charge in [0.2, 0.25) is 0 Å². The van der Waals surface area contributed by atoms with Gasteiger partial charge in [0.15, 0.2) is 9.50 Å². The van der Waals surface area contributed by atoms with Gasteiger partial charge in [-0.15, -0.1) is 0 Å². The summed E-state index contributed by atoms with van der Waals surface area (Å²) >= 11 is 2.92. The monoisotopic (exact) mass is 292 g/mol. The number of nitrogen functional groups attached to an aromatic ring is 1. The van der Waals surface area contributed by atoms with Crippen LogP contribution in [-0.2, 0) is 0 Å². The molecule has 0 aliphatic heterocycles. The van der Waals surface area contributed by atoms with Crippen LogP contribution in [0.1, 0.15) is 6.92 Å². The molecule has 0 radical (unpaired) electrons. The van der Waals surface area contributed by atoms with Crippen LogP contribution in [0, 0.1) is 0 Å². The number of nitrogens with two attached hydrogens (primary N) is 1. The highest BCUT2D eigenvalue weighted by Gasteiger charge is 2.08. The minimum Gasteiger partial charge on any atom is -0.494 e. The van der Waals surface area contributed by atoms with Gasteiger partial charge in [0, 0.05) is 6.07 Å². The van der Waals surface area contributed by atoms with E-state index in [1.807, 2.05) is 25.1 Å². The lowest BCUT2D eigenvalue weighted by atomic mass is 10.3. The van der Waals surface area contributed by atoms with E-state index in [9.17, 15) is 0 Å². The number of hydrogen-bond donors (Lipinski definition) is 2. The van der Waals surface area contributed by atoms with Crippen LogP contribution in [0.3, 0.4) is 0 Å². The lowest BCUT2D eigenvalue weighted by Gasteiger charge is -2.00. The van der Waals surface area contributed by atoms with Crippen LogP contribution in [0.25, 0.3) is 11.0 Å². The van der Waals surface area contributed by atoms with E-state index in [0.29, 0.717) is 11.6 Å². The van der Waals surface area contributed by atoms with E-state index in [4.69, 9.17) is 10.5 Å². The van der Waals surface area contributed by atoms with E-state index < -0.39 is 0 Å². The second-order valence-electron chi connectivity index (χ2n) is 3.78. The second-order valence-corrected chi connectivity index (χ2v) is 6.08. The van der Waals surface area contributed by atoms with Crippen molar-refractivity contribution in [3.8, 4) is 5.75 Å². The molecule has 19 heavy (non-hydrogen) atoms. The van der Waals surface area contributed by atoms with E-state index in [0.717, 1.165) is 26.3 Å². The molecule has 3 aromatic rings. The second kappa shape index (κ2) is 5.10. The number of aromatic amines is 1. The summed E-state index contributed by atoms with van der Waals surface area (Å²) in [4.78, 5) is 11.9. The van der Waals surface area contributed by atoms with E-state index in [-0.39, 0.29) is 0 Å². The van der Waals surface area contributed by atoms with E-state index in [2.05, 4.69) is 15.0 Å². The van der Waals surface area contributed by atoms with Crippen molar-refractivity contribution in [2.45, 2.75) is 16.4 Å². The molecule has 0 atom stereocenters. The first-order valence-electron chi connectivity index (χ1n) is 5.76. The molecule has 3 rings (SSSR count). The van der Waals surface area contributed by atoms with Gasteiger partial charge in [-0.05, 0) is 30.8 Å². The molecule has 2 heterocycles. The number of aromatic nitrogens is 3. The highest BCUT2D eigenvalue weighted by atomic mass is 32.2. The topological polar surface area (TPSA) is 76.8 Å². The van der Waals surface area contributed by atoms with Gasteiger partial charge < -0.3 is 15.5 Å². The molecule has 0 bridgehead atoms. The van der Waals surface area contributed by atoms with Crippen LogP contribution in [-0.4, -0.2) is 21.6 Å². The number of imidazole rings is 1. The Morgan fingerprint density at radius 1 is 1.47 bits per heavy atom. The summed E-state index contributed by atoms with van der Waals surface area (Å²) in [6.07, 6.45) is 1.66. The zero-order valence-electron chi connectivity index (χ0n) is 10.2. The Morgan fingerprint density at radius 2 is 2.37 bits per heavy atom. The number of benzene rings is 1. The molecular weight excluding hydrogens is 280 g/mol. The number of thiazole rings is 1. The Kier molecular flexibility index (Phi) is 3.31. The smallest absolute Gasteiger partial charge is 0.173 e. The fraction of sp³-hybridized carbons (Fsp3) is 0.167. The van der Waals surface area contributed by atoms with Gasteiger partial charge in [0.25, 0.3) is 0 Å². The first kappa shape index (κ1) is 12.3. The van der Waals surface area contributed by atoms with Gasteiger partial charge in [-0.3, -0.25) is 0 Å². The van der Waals surface area contributed by atoms with Gasteiger partial charge in [0.05, 0.1) is 23.8 Å². The summed E-state index contributed by atoms with van der Waals surface area (Å²) in [7, 11) is 0. The number of H-pyrrole nitrogens is 1. The number of fused-ring (bicyclic) bond motifs is 1. The molecule has 0 spiro atoms. The first-order valence-corrected chi connectivity index (χ1v) is 7.39. The molecule has 0 aliphatic rings. The number of ether oxygens (including phenoxy) is 1. The molecule has 7 heteroatoms. The van der Waals surface area contributed by atoms with Crippen molar-refractivity contribution in [1.82, 2.24) is 15.0 Å². The average molecular weight is 292 g/mol. The predicted molar refractivity (Wildman–Crippen MR) is 77.9 cm³/mol. The number of nitrogens with one attached hydrogen (secondary N) is 1. The van der Waals surface area contributed by atoms with Crippen LogP contribution < -0.4 is 10.5 Å². The zero-order valence-corrected chi connectivity index (χ0v) is 11.8. The van der Waals surface area contributed by atoms with E-state index >= 15 is 0 Å². The lowest BCUT2D eigenvalue weighted by Crippen LogP contribution is -1.90. The van der Waals surface area contributed by atoms with Crippen LogP contribution >= 0.6 is 23.1 Å². The van der Waals surface area contributed by atoms with E-state index in [1.54, 1.807) is 6.20 Å². The number of hydrogen-bond acceptors (Lipinski definition) is 6. The maximum Gasteiger partial charge on any atom is 0.173 e. The van der Waals surface area contributed by atoms with Crippen molar-refractivity contribution < 1.29 is 4.74 Å². The Labute approximate surface area is 118 Å². The predicted octanol–water partition coefficient (Wildman–Crippen LogP) is 3.15. The quantitative estimate of drug-likeness (QED) is 0.772. The average Bonchev–Trinajstić information content (AvgIpc) is 2.95. The number of rotatable bonds is 4. The minimum atomic E-state index is 0.652. The van der Waals surface area contributed by atoms with Gasteiger partial charge in [-0.1, -0.05) is 11.3 Å². The van der Waals surface area contributed by atoms with Gasteiger partial charge in [-0.2, -0.15) is 0 Å². The Hall–Kier alpha value is -1.73. The molecule has 0 fully saturated rings. The SMILES string of the molecule is CCOc1ccc2nc(Sc3ncc(N)s3)[nH]c2c1. The Balaban J connectivity index is 1.88. The van der Waals surface area contributed by atoms with Gasteiger partial charge >= 0.3 is 0 Å². The molecule has 2 aromatic heterocycles. The Morgan fingerprint density at radius 3 is 3.11 bits per heavy atom. The third-order valence-corrected chi connectivity index (χ3v) is 4.22. The third kappa shape index (κ3) is 2.66.